The highest BCUT2D eigenvalue weighted by molar-refractivity contribution is 7.76. The third-order valence-electron chi connectivity index (χ3n) is 1.52. The van der Waals surface area contributed by atoms with E-state index in [1.165, 1.54) is 0 Å². The van der Waals surface area contributed by atoms with Crippen LogP contribution in [0.1, 0.15) is 11.1 Å². The SMILES string of the molecule is FC(F)(F)c1cccc(C(F)(F)F)c1.NS(=O)[O-]. The van der Waals surface area contributed by atoms with Crippen LogP contribution in [0.25, 0.3) is 0 Å². The maximum atomic E-state index is 12.0. The van der Waals surface area contributed by atoms with Crippen molar-refractivity contribution in [3.8, 4) is 0 Å². The molecule has 0 aliphatic carbocycles. The van der Waals surface area contributed by atoms with Crippen molar-refractivity contribution in [1.29, 1.82) is 0 Å². The first-order chi connectivity index (χ1) is 7.94. The number of alkyl halides is 6. The fourth-order valence-electron chi connectivity index (χ4n) is 0.872. The highest BCUT2D eigenvalue weighted by Crippen LogP contribution is 2.34. The molecule has 1 atom stereocenters. The van der Waals surface area contributed by atoms with Crippen molar-refractivity contribution < 1.29 is 35.1 Å². The second-order valence-corrected chi connectivity index (χ2v) is 3.36. The Hall–Kier alpha value is -1.13. The van der Waals surface area contributed by atoms with Crippen molar-refractivity contribution in [2.45, 2.75) is 12.4 Å². The molecule has 0 spiro atoms. The largest absolute Gasteiger partial charge is 0.760 e. The van der Waals surface area contributed by atoms with Crippen LogP contribution < -0.4 is 5.14 Å². The molecule has 0 fully saturated rings. The maximum Gasteiger partial charge on any atom is 0.416 e. The van der Waals surface area contributed by atoms with Gasteiger partial charge < -0.3 is 4.55 Å². The van der Waals surface area contributed by atoms with Gasteiger partial charge >= 0.3 is 12.4 Å². The average molecular weight is 294 g/mol. The van der Waals surface area contributed by atoms with Gasteiger partial charge in [-0.05, 0) is 18.2 Å². The normalized spacial score (nSPS) is 13.6. The van der Waals surface area contributed by atoms with Gasteiger partial charge in [0.25, 0.3) is 0 Å². The predicted molar refractivity (Wildman–Crippen MR) is 49.6 cm³/mol. The Morgan fingerprint density at radius 3 is 1.50 bits per heavy atom. The summed E-state index contributed by atoms with van der Waals surface area (Å²) in [5.41, 5.74) is -2.60. The lowest BCUT2D eigenvalue weighted by Gasteiger charge is -2.10. The van der Waals surface area contributed by atoms with Gasteiger partial charge in [-0.2, -0.15) is 26.3 Å². The van der Waals surface area contributed by atoms with Crippen LogP contribution in [0.5, 0.6) is 0 Å². The zero-order valence-electron chi connectivity index (χ0n) is 8.38. The van der Waals surface area contributed by atoms with E-state index in [0.29, 0.717) is 12.1 Å². The van der Waals surface area contributed by atoms with Crippen molar-refractivity contribution in [2.24, 2.45) is 5.14 Å². The summed E-state index contributed by atoms with van der Waals surface area (Å²) in [5.74, 6) is 0. The molecule has 10 heteroatoms. The Morgan fingerprint density at radius 2 is 1.28 bits per heavy atom. The van der Waals surface area contributed by atoms with Crippen LogP contribution in [0, 0.1) is 0 Å². The van der Waals surface area contributed by atoms with Gasteiger partial charge in [-0.15, -0.1) is 0 Å². The van der Waals surface area contributed by atoms with Crippen molar-refractivity contribution in [3.05, 3.63) is 35.4 Å². The van der Waals surface area contributed by atoms with Gasteiger partial charge in [-0.3, -0.25) is 9.35 Å². The first-order valence-corrected chi connectivity index (χ1v) is 5.16. The molecule has 1 unspecified atom stereocenters. The summed E-state index contributed by atoms with van der Waals surface area (Å²) in [5, 5.41) is 4.03. The average Bonchev–Trinajstić information content (AvgIpc) is 2.14. The Balaban J connectivity index is 0.000000631. The lowest BCUT2D eigenvalue weighted by molar-refractivity contribution is -0.143. The van der Waals surface area contributed by atoms with Crippen LogP contribution in [-0.4, -0.2) is 8.76 Å². The molecule has 18 heavy (non-hydrogen) atoms. The zero-order chi connectivity index (χ0) is 14.6. The van der Waals surface area contributed by atoms with Gasteiger partial charge in [0.05, 0.1) is 11.1 Å². The third-order valence-corrected chi connectivity index (χ3v) is 1.52. The van der Waals surface area contributed by atoms with Crippen LogP contribution in [0.3, 0.4) is 0 Å². The van der Waals surface area contributed by atoms with Crippen molar-refractivity contribution in [2.75, 3.05) is 0 Å². The smallest absolute Gasteiger partial charge is 0.416 e. The minimum Gasteiger partial charge on any atom is -0.760 e. The molecule has 0 saturated carbocycles. The van der Waals surface area contributed by atoms with Crippen LogP contribution >= 0.6 is 0 Å². The van der Waals surface area contributed by atoms with E-state index < -0.39 is 34.7 Å². The van der Waals surface area contributed by atoms with E-state index >= 15 is 0 Å². The van der Waals surface area contributed by atoms with Gasteiger partial charge in [0.2, 0.25) is 0 Å². The molecule has 1 aromatic rings. The summed E-state index contributed by atoms with van der Waals surface area (Å²) in [6.45, 7) is 0. The summed E-state index contributed by atoms with van der Waals surface area (Å²) >= 11 is -2.36. The fraction of sp³-hybridized carbons (Fsp3) is 0.250. The molecule has 0 aliphatic rings. The Bertz CT molecular complexity index is 384. The maximum absolute atomic E-state index is 12.0. The first kappa shape index (κ1) is 16.9. The molecule has 1 aromatic carbocycles. The number of hydrogen-bond donors (Lipinski definition) is 1. The molecule has 0 saturated heterocycles. The highest BCUT2D eigenvalue weighted by atomic mass is 32.2. The summed E-state index contributed by atoms with van der Waals surface area (Å²) in [6.07, 6.45) is -9.50. The molecule has 0 heterocycles. The van der Waals surface area contributed by atoms with Gasteiger partial charge in [0.1, 0.15) is 0 Å². The quantitative estimate of drug-likeness (QED) is 0.590. The van der Waals surface area contributed by atoms with Crippen LogP contribution in [-0.2, 0) is 23.6 Å². The Labute approximate surface area is 100 Å². The molecule has 2 N–H and O–H groups in total. The minimum atomic E-state index is -4.75. The van der Waals surface area contributed by atoms with E-state index in [4.69, 9.17) is 8.76 Å². The molecule has 3 nitrogen and oxygen atoms in total. The predicted octanol–water partition coefficient (Wildman–Crippen LogP) is 2.46. The molecule has 0 radical (unpaired) electrons. The number of rotatable bonds is 0. The lowest BCUT2D eigenvalue weighted by Crippen LogP contribution is -2.09. The standard InChI is InChI=1S/C8H4F6.H3NO2S/c9-7(10,11)5-2-1-3-6(4-5)8(12,13)14;1-4(2)3/h1-4H;1H2,(H,2,3)/p-1. The topological polar surface area (TPSA) is 66.2 Å². The van der Waals surface area contributed by atoms with E-state index in [1.54, 1.807) is 0 Å². The van der Waals surface area contributed by atoms with E-state index in [2.05, 4.69) is 5.14 Å². The van der Waals surface area contributed by atoms with E-state index in [9.17, 15) is 26.3 Å². The molecule has 0 bridgehead atoms. The van der Waals surface area contributed by atoms with Crippen LogP contribution in [0.4, 0.5) is 26.3 Å². The summed E-state index contributed by atoms with van der Waals surface area (Å²) in [6, 6.07) is 2.00. The second-order valence-electron chi connectivity index (χ2n) is 2.84. The van der Waals surface area contributed by atoms with Gasteiger partial charge in [-0.1, -0.05) is 6.07 Å². The van der Waals surface area contributed by atoms with Crippen LogP contribution in [0.15, 0.2) is 24.3 Å². The van der Waals surface area contributed by atoms with Gasteiger partial charge in [-0.25, -0.2) is 0 Å². The summed E-state index contributed by atoms with van der Waals surface area (Å²) in [7, 11) is 0. The monoisotopic (exact) mass is 294 g/mol. The minimum absolute atomic E-state index is 0.0833. The number of benzene rings is 1. The molecular weight excluding hydrogens is 288 g/mol. The van der Waals surface area contributed by atoms with E-state index in [1.807, 2.05) is 0 Å². The summed E-state index contributed by atoms with van der Waals surface area (Å²) in [4.78, 5) is 0. The van der Waals surface area contributed by atoms with Gasteiger partial charge in [0.15, 0.2) is 0 Å². The molecule has 104 valence electrons. The lowest BCUT2D eigenvalue weighted by atomic mass is 10.1. The zero-order valence-corrected chi connectivity index (χ0v) is 9.20. The van der Waals surface area contributed by atoms with Crippen molar-refractivity contribution in [3.63, 3.8) is 0 Å². The van der Waals surface area contributed by atoms with Gasteiger partial charge in [0, 0.05) is 11.3 Å². The Morgan fingerprint density at radius 1 is 1.00 bits per heavy atom. The molecule has 1 rings (SSSR count). The summed E-state index contributed by atoms with van der Waals surface area (Å²) < 4.78 is 89.5. The molecular formula is C8H6F6NO2S-. The molecule has 0 aliphatic heterocycles. The first-order valence-electron chi connectivity index (χ1n) is 4.02. The third kappa shape index (κ3) is 6.57. The van der Waals surface area contributed by atoms with Crippen LogP contribution in [0.2, 0.25) is 0 Å². The second kappa shape index (κ2) is 6.16. The van der Waals surface area contributed by atoms with Crippen molar-refractivity contribution in [1.82, 2.24) is 0 Å². The van der Waals surface area contributed by atoms with E-state index in [0.717, 1.165) is 6.07 Å². The highest BCUT2D eigenvalue weighted by Gasteiger charge is 2.35. The number of nitrogens with two attached hydrogens (primary N) is 1. The molecule has 0 amide bonds. The van der Waals surface area contributed by atoms with Crippen molar-refractivity contribution >= 4 is 11.3 Å². The number of hydrogen-bond acceptors (Lipinski definition) is 2. The molecule has 0 aromatic heterocycles. The van der Waals surface area contributed by atoms with E-state index in [-0.39, 0.29) is 6.07 Å². The number of halogens is 6. The fourth-order valence-corrected chi connectivity index (χ4v) is 0.872. The Kier molecular flexibility index (Phi) is 5.77.